The molecule has 2 unspecified atom stereocenters. The zero-order chi connectivity index (χ0) is 29.4. The molecule has 0 aliphatic heterocycles. The maximum absolute atomic E-state index is 13.8. The number of nitrogens with zero attached hydrogens (tertiary/aromatic N) is 3. The number of rotatable bonds is 12. The number of nitrogens with one attached hydrogen (secondary N) is 1. The molecule has 1 N–H and O–H groups in total. The van der Waals surface area contributed by atoms with Crippen molar-refractivity contribution in [1.29, 1.82) is 0 Å². The molecule has 0 radical (unpaired) electrons. The highest BCUT2D eigenvalue weighted by Crippen LogP contribution is 2.27. The van der Waals surface area contributed by atoms with E-state index in [0.29, 0.717) is 12.0 Å². The largest absolute Gasteiger partial charge is 0.352 e. The highest BCUT2D eigenvalue weighted by Gasteiger charge is 2.33. The maximum Gasteiger partial charge on any atom is 0.271 e. The molecular weight excluding hydrogens is 539 g/mol. The Kier molecular flexibility index (Phi) is 9.94. The molecule has 0 aromatic heterocycles. The van der Waals surface area contributed by atoms with Crippen molar-refractivity contribution in [2.75, 3.05) is 10.8 Å². The zero-order valence-electron chi connectivity index (χ0n) is 22.4. The first-order valence-electron chi connectivity index (χ1n) is 12.6. The van der Waals surface area contributed by atoms with Crippen molar-refractivity contribution >= 4 is 33.2 Å². The number of amides is 2. The number of nitro benzene ring substituents is 1. The van der Waals surface area contributed by atoms with E-state index in [4.69, 9.17) is 0 Å². The molecule has 0 saturated carbocycles. The van der Waals surface area contributed by atoms with Crippen LogP contribution in [0.3, 0.4) is 0 Å². The van der Waals surface area contributed by atoms with E-state index in [2.05, 4.69) is 5.32 Å². The molecule has 0 aliphatic carbocycles. The van der Waals surface area contributed by atoms with Gasteiger partial charge in [0.25, 0.3) is 15.7 Å². The Morgan fingerprint density at radius 1 is 1.00 bits per heavy atom. The number of sulfonamides is 1. The summed E-state index contributed by atoms with van der Waals surface area (Å²) in [6.45, 7) is 4.36. The number of non-ortho nitro benzene ring substituents is 1. The van der Waals surface area contributed by atoms with Gasteiger partial charge in [-0.15, -0.1) is 0 Å². The number of hydrogen-bond acceptors (Lipinski definition) is 6. The summed E-state index contributed by atoms with van der Waals surface area (Å²) in [5.41, 5.74) is 0.0679. The second kappa shape index (κ2) is 13.2. The van der Waals surface area contributed by atoms with Crippen LogP contribution in [0.2, 0.25) is 0 Å². The molecule has 2 atom stereocenters. The number of anilines is 1. The van der Waals surface area contributed by atoms with Gasteiger partial charge < -0.3 is 10.2 Å². The van der Waals surface area contributed by atoms with E-state index in [1.54, 1.807) is 6.07 Å². The minimum absolute atomic E-state index is 0.0927. The van der Waals surface area contributed by atoms with Crippen LogP contribution in [0, 0.1) is 15.9 Å². The molecular formula is C28H31FN4O6S. The van der Waals surface area contributed by atoms with Crippen molar-refractivity contribution in [2.24, 2.45) is 0 Å². The number of halogens is 1. The minimum Gasteiger partial charge on any atom is -0.352 e. The molecule has 0 spiro atoms. The Morgan fingerprint density at radius 2 is 1.65 bits per heavy atom. The average molecular weight is 571 g/mol. The average Bonchev–Trinajstić information content (AvgIpc) is 2.95. The van der Waals surface area contributed by atoms with Crippen LogP contribution in [0.15, 0.2) is 83.8 Å². The van der Waals surface area contributed by atoms with Crippen molar-refractivity contribution in [3.05, 3.63) is 100 Å². The summed E-state index contributed by atoms with van der Waals surface area (Å²) in [4.78, 5) is 38.7. The lowest BCUT2D eigenvalue weighted by molar-refractivity contribution is -0.384. The van der Waals surface area contributed by atoms with Crippen molar-refractivity contribution < 1.29 is 27.3 Å². The van der Waals surface area contributed by atoms with Gasteiger partial charge in [-0.1, -0.05) is 43.3 Å². The molecule has 2 amide bonds. The van der Waals surface area contributed by atoms with Crippen LogP contribution in [0.4, 0.5) is 15.8 Å². The Bertz CT molecular complexity index is 1450. The molecule has 3 aromatic carbocycles. The summed E-state index contributed by atoms with van der Waals surface area (Å²) in [5, 5.41) is 14.2. The van der Waals surface area contributed by atoms with Crippen LogP contribution >= 0.6 is 0 Å². The van der Waals surface area contributed by atoms with Crippen molar-refractivity contribution in [2.45, 2.75) is 50.7 Å². The first-order valence-corrected chi connectivity index (χ1v) is 14.0. The van der Waals surface area contributed by atoms with Crippen LogP contribution in [-0.2, 0) is 26.2 Å². The van der Waals surface area contributed by atoms with Crippen LogP contribution < -0.4 is 9.62 Å². The first-order chi connectivity index (χ1) is 18.9. The van der Waals surface area contributed by atoms with E-state index >= 15 is 0 Å². The Balaban J connectivity index is 2.05. The predicted molar refractivity (Wildman–Crippen MR) is 148 cm³/mol. The maximum atomic E-state index is 13.8. The van der Waals surface area contributed by atoms with Gasteiger partial charge in [-0.3, -0.25) is 24.0 Å². The fourth-order valence-electron chi connectivity index (χ4n) is 3.84. The molecule has 0 bridgehead atoms. The number of carbonyl (C=O) groups is 2. The zero-order valence-corrected chi connectivity index (χ0v) is 23.2. The number of nitro groups is 1. The van der Waals surface area contributed by atoms with E-state index in [1.165, 1.54) is 78.6 Å². The molecule has 0 fully saturated rings. The van der Waals surface area contributed by atoms with E-state index < -0.39 is 45.2 Å². The third kappa shape index (κ3) is 7.41. The predicted octanol–water partition coefficient (Wildman–Crippen LogP) is 4.26. The fourth-order valence-corrected chi connectivity index (χ4v) is 5.27. The quantitative estimate of drug-likeness (QED) is 0.256. The highest BCUT2D eigenvalue weighted by molar-refractivity contribution is 7.92. The molecule has 10 nitrogen and oxygen atoms in total. The fraction of sp³-hybridized carbons (Fsp3) is 0.286. The molecule has 40 heavy (non-hydrogen) atoms. The Hall–Kier alpha value is -4.32. The van der Waals surface area contributed by atoms with Crippen LogP contribution in [0.25, 0.3) is 0 Å². The summed E-state index contributed by atoms with van der Waals surface area (Å²) < 4.78 is 41.8. The van der Waals surface area contributed by atoms with E-state index in [1.807, 2.05) is 13.8 Å². The van der Waals surface area contributed by atoms with Crippen molar-refractivity contribution in [3.63, 3.8) is 0 Å². The smallest absolute Gasteiger partial charge is 0.271 e. The molecule has 0 heterocycles. The first kappa shape index (κ1) is 30.2. The lowest BCUT2D eigenvalue weighted by atomic mass is 10.1. The normalized spacial score (nSPS) is 12.7. The molecule has 212 valence electrons. The van der Waals surface area contributed by atoms with Gasteiger partial charge in [0.2, 0.25) is 11.8 Å². The van der Waals surface area contributed by atoms with E-state index in [0.717, 1.165) is 10.4 Å². The van der Waals surface area contributed by atoms with Crippen LogP contribution in [0.1, 0.15) is 32.8 Å². The van der Waals surface area contributed by atoms with Gasteiger partial charge in [-0.05, 0) is 56.2 Å². The second-order valence-electron chi connectivity index (χ2n) is 9.24. The highest BCUT2D eigenvalue weighted by atomic mass is 32.2. The van der Waals surface area contributed by atoms with Crippen LogP contribution in [0.5, 0.6) is 0 Å². The number of benzene rings is 3. The Labute approximate surface area is 232 Å². The molecule has 3 rings (SSSR count). The molecule has 0 saturated heterocycles. The SMILES string of the molecule is CCC(C)NC(=O)C(C)N(Cc1ccc(F)cc1)C(=O)CN(c1cccc([N+](=O)[O-])c1)S(=O)(=O)c1ccccc1. The van der Waals surface area contributed by atoms with Crippen molar-refractivity contribution in [3.8, 4) is 0 Å². The van der Waals surface area contributed by atoms with Gasteiger partial charge in [0, 0.05) is 24.7 Å². The summed E-state index contributed by atoms with van der Waals surface area (Å²) in [5.74, 6) is -1.66. The molecule has 3 aromatic rings. The summed E-state index contributed by atoms with van der Waals surface area (Å²) in [7, 11) is -4.36. The third-order valence-electron chi connectivity index (χ3n) is 6.37. The second-order valence-corrected chi connectivity index (χ2v) is 11.1. The number of carbonyl (C=O) groups excluding carboxylic acids is 2. The topological polar surface area (TPSA) is 130 Å². The minimum atomic E-state index is -4.36. The number of hydrogen-bond donors (Lipinski definition) is 1. The summed E-state index contributed by atoms with van der Waals surface area (Å²) in [6, 6.07) is 16.5. The molecule has 12 heteroatoms. The van der Waals surface area contributed by atoms with Gasteiger partial charge in [0.15, 0.2) is 0 Å². The van der Waals surface area contributed by atoms with E-state index in [-0.39, 0.29) is 28.9 Å². The standard InChI is InChI=1S/C28H31FN4O6S/c1-4-20(2)30-28(35)21(3)31(18-22-13-15-23(29)16-14-22)27(34)19-32(24-9-8-10-25(17-24)33(36)37)40(38,39)26-11-6-5-7-12-26/h5-17,20-21H,4,18-19H2,1-3H3,(H,30,35). The van der Waals surface area contributed by atoms with Gasteiger partial charge in [-0.2, -0.15) is 0 Å². The van der Waals surface area contributed by atoms with Gasteiger partial charge in [-0.25, -0.2) is 12.8 Å². The van der Waals surface area contributed by atoms with Gasteiger partial charge in [0.1, 0.15) is 18.4 Å². The Morgan fingerprint density at radius 3 is 2.25 bits per heavy atom. The summed E-state index contributed by atoms with van der Waals surface area (Å²) >= 11 is 0. The molecule has 0 aliphatic rings. The monoisotopic (exact) mass is 570 g/mol. The van der Waals surface area contributed by atoms with E-state index in [9.17, 15) is 32.5 Å². The van der Waals surface area contributed by atoms with Crippen LogP contribution in [-0.4, -0.2) is 48.7 Å². The summed E-state index contributed by atoms with van der Waals surface area (Å²) in [6.07, 6.45) is 0.653. The lowest BCUT2D eigenvalue weighted by Crippen LogP contribution is -2.52. The van der Waals surface area contributed by atoms with Gasteiger partial charge >= 0.3 is 0 Å². The van der Waals surface area contributed by atoms with Crippen molar-refractivity contribution in [1.82, 2.24) is 10.2 Å². The third-order valence-corrected chi connectivity index (χ3v) is 8.16. The lowest BCUT2D eigenvalue weighted by Gasteiger charge is -2.32. The van der Waals surface area contributed by atoms with Gasteiger partial charge in [0.05, 0.1) is 15.5 Å².